The van der Waals surface area contributed by atoms with E-state index < -0.39 is 0 Å². The number of carbonyl (C=O) groups excluding carboxylic acids is 1. The van der Waals surface area contributed by atoms with Crippen LogP contribution in [-0.4, -0.2) is 52.0 Å². The van der Waals surface area contributed by atoms with Crippen LogP contribution in [-0.2, 0) is 16.6 Å². The van der Waals surface area contributed by atoms with E-state index in [1.165, 1.54) is 4.68 Å². The van der Waals surface area contributed by atoms with Gasteiger partial charge in [-0.2, -0.15) is 5.10 Å². The highest BCUT2D eigenvalue weighted by Gasteiger charge is 2.27. The van der Waals surface area contributed by atoms with Gasteiger partial charge in [-0.25, -0.2) is 4.68 Å². The normalized spacial score (nSPS) is 16.5. The Balaban J connectivity index is 1.55. The van der Waals surface area contributed by atoms with E-state index in [9.17, 15) is 9.59 Å². The number of aromatic nitrogens is 3. The van der Waals surface area contributed by atoms with Crippen LogP contribution < -0.4 is 10.9 Å². The maximum absolute atomic E-state index is 12.1. The molecule has 4 rings (SSSR count). The quantitative estimate of drug-likeness (QED) is 0.716. The molecule has 1 atom stereocenters. The van der Waals surface area contributed by atoms with Crippen molar-refractivity contribution >= 4 is 28.2 Å². The van der Waals surface area contributed by atoms with Crippen molar-refractivity contribution in [3.8, 4) is 0 Å². The molecule has 1 unspecified atom stereocenters. The number of hydrogen-bond donors (Lipinski definition) is 1. The molecular formula is C21H25N5O3. The molecule has 1 aliphatic rings. The first-order valence-electron chi connectivity index (χ1n) is 9.65. The third-order valence-corrected chi connectivity index (χ3v) is 5.56. The fourth-order valence-electron chi connectivity index (χ4n) is 3.90. The summed E-state index contributed by atoms with van der Waals surface area (Å²) in [4.78, 5) is 26.0. The van der Waals surface area contributed by atoms with E-state index >= 15 is 0 Å². The molecule has 1 saturated heterocycles. The van der Waals surface area contributed by atoms with Crippen LogP contribution in [0.3, 0.4) is 0 Å². The lowest BCUT2D eigenvalue weighted by molar-refractivity contribution is -0.134. The fourth-order valence-corrected chi connectivity index (χ4v) is 3.90. The summed E-state index contributed by atoms with van der Waals surface area (Å²) in [6, 6.07) is 8.47. The second-order valence-corrected chi connectivity index (χ2v) is 7.45. The Labute approximate surface area is 168 Å². The van der Waals surface area contributed by atoms with E-state index in [-0.39, 0.29) is 24.1 Å². The number of rotatable bonds is 5. The van der Waals surface area contributed by atoms with Gasteiger partial charge >= 0.3 is 0 Å². The number of amides is 1. The highest BCUT2D eigenvalue weighted by molar-refractivity contribution is 5.85. The Kier molecular flexibility index (Phi) is 5.10. The van der Waals surface area contributed by atoms with Crippen molar-refractivity contribution in [3.05, 3.63) is 52.6 Å². The third kappa shape index (κ3) is 3.63. The predicted molar refractivity (Wildman–Crippen MR) is 112 cm³/mol. The number of fused-ring (bicyclic) bond motifs is 1. The van der Waals surface area contributed by atoms with Gasteiger partial charge in [-0.1, -0.05) is 0 Å². The number of aryl methyl sites for hydroxylation is 1. The standard InChI is InChI=1S/C21H25N5O3/c1-14-18(11-22-24(2)21(14)28)23-16-4-5-19-15(10-16)6-9-26(19)17-7-8-25(12-17)20(27)13-29-3/h4-6,9-11,17,23H,7-8,12-13H2,1-3H3. The van der Waals surface area contributed by atoms with Crippen molar-refractivity contribution in [2.24, 2.45) is 7.05 Å². The molecule has 1 aromatic carbocycles. The molecule has 2 aromatic heterocycles. The van der Waals surface area contributed by atoms with Crippen molar-refractivity contribution in [3.63, 3.8) is 0 Å². The fraction of sp³-hybridized carbons (Fsp3) is 0.381. The maximum atomic E-state index is 12.1. The van der Waals surface area contributed by atoms with Crippen LogP contribution in [0.4, 0.5) is 11.4 Å². The molecule has 1 N–H and O–H groups in total. The molecule has 1 aliphatic heterocycles. The molecule has 29 heavy (non-hydrogen) atoms. The zero-order chi connectivity index (χ0) is 20.5. The van der Waals surface area contributed by atoms with Gasteiger partial charge in [0.05, 0.1) is 17.9 Å². The van der Waals surface area contributed by atoms with E-state index in [0.717, 1.165) is 29.6 Å². The molecule has 152 valence electrons. The Morgan fingerprint density at radius 2 is 2.17 bits per heavy atom. The second kappa shape index (κ2) is 7.71. The predicted octanol–water partition coefficient (Wildman–Crippen LogP) is 2.21. The molecule has 8 nitrogen and oxygen atoms in total. The van der Waals surface area contributed by atoms with Crippen molar-refractivity contribution in [1.82, 2.24) is 19.2 Å². The summed E-state index contributed by atoms with van der Waals surface area (Å²) in [6.07, 6.45) is 4.67. The number of methoxy groups -OCH3 is 1. The van der Waals surface area contributed by atoms with Gasteiger partial charge < -0.3 is 19.5 Å². The molecule has 1 amide bonds. The van der Waals surface area contributed by atoms with Crippen LogP contribution in [0.5, 0.6) is 0 Å². The lowest BCUT2D eigenvalue weighted by Crippen LogP contribution is -2.31. The molecule has 3 aromatic rings. The number of anilines is 2. The summed E-state index contributed by atoms with van der Waals surface area (Å²) in [5.74, 6) is 0.0379. The number of carbonyl (C=O) groups is 1. The number of nitrogens with one attached hydrogen (secondary N) is 1. The third-order valence-electron chi connectivity index (χ3n) is 5.56. The van der Waals surface area contributed by atoms with E-state index in [2.05, 4.69) is 39.4 Å². The monoisotopic (exact) mass is 395 g/mol. The average molecular weight is 395 g/mol. The molecule has 8 heteroatoms. The summed E-state index contributed by atoms with van der Waals surface area (Å²) < 4.78 is 8.53. The van der Waals surface area contributed by atoms with Crippen molar-refractivity contribution in [2.45, 2.75) is 19.4 Å². The zero-order valence-corrected chi connectivity index (χ0v) is 16.9. The highest BCUT2D eigenvalue weighted by atomic mass is 16.5. The smallest absolute Gasteiger partial charge is 0.271 e. The minimum atomic E-state index is -0.115. The van der Waals surface area contributed by atoms with E-state index in [1.54, 1.807) is 27.3 Å². The van der Waals surface area contributed by atoms with Gasteiger partial charge in [0.25, 0.3) is 5.56 Å². The van der Waals surface area contributed by atoms with Crippen molar-refractivity contribution < 1.29 is 9.53 Å². The average Bonchev–Trinajstić information content (AvgIpc) is 3.35. The summed E-state index contributed by atoms with van der Waals surface area (Å²) in [6.45, 7) is 3.37. The highest BCUT2D eigenvalue weighted by Crippen LogP contribution is 2.29. The molecule has 0 spiro atoms. The first-order chi connectivity index (χ1) is 14.0. The SMILES string of the molecule is COCC(=O)N1CCC(n2ccc3cc(Nc4cnn(C)c(=O)c4C)ccc32)C1. The first kappa shape index (κ1) is 19.2. The largest absolute Gasteiger partial charge is 0.375 e. The van der Waals surface area contributed by atoms with Crippen molar-refractivity contribution in [2.75, 3.05) is 32.1 Å². The Hall–Kier alpha value is -3.13. The first-order valence-corrected chi connectivity index (χ1v) is 9.65. The van der Waals surface area contributed by atoms with E-state index in [1.807, 2.05) is 11.0 Å². The Bertz CT molecular complexity index is 1120. The summed E-state index contributed by atoms with van der Waals surface area (Å²) in [7, 11) is 3.18. The maximum Gasteiger partial charge on any atom is 0.271 e. The number of ether oxygens (including phenoxy) is 1. The van der Waals surface area contributed by atoms with Crippen LogP contribution in [0.2, 0.25) is 0 Å². The summed E-state index contributed by atoms with van der Waals surface area (Å²) in [5.41, 5.74) is 3.25. The minimum Gasteiger partial charge on any atom is -0.375 e. The summed E-state index contributed by atoms with van der Waals surface area (Å²) >= 11 is 0. The number of nitrogens with zero attached hydrogens (tertiary/aromatic N) is 4. The lowest BCUT2D eigenvalue weighted by Gasteiger charge is -2.17. The van der Waals surface area contributed by atoms with Gasteiger partial charge in [0.2, 0.25) is 5.91 Å². The molecule has 0 bridgehead atoms. The van der Waals surface area contributed by atoms with Crippen LogP contribution in [0.1, 0.15) is 18.0 Å². The minimum absolute atomic E-state index is 0.0379. The molecule has 0 aliphatic carbocycles. The van der Waals surface area contributed by atoms with Gasteiger partial charge in [0.15, 0.2) is 0 Å². The molecule has 3 heterocycles. The number of benzene rings is 1. The van der Waals surface area contributed by atoms with Gasteiger partial charge in [-0.05, 0) is 37.6 Å². The topological polar surface area (TPSA) is 81.4 Å². The summed E-state index contributed by atoms with van der Waals surface area (Å²) in [5, 5.41) is 8.48. The Morgan fingerprint density at radius 1 is 1.34 bits per heavy atom. The van der Waals surface area contributed by atoms with Crippen LogP contribution >= 0.6 is 0 Å². The van der Waals surface area contributed by atoms with Gasteiger partial charge in [0, 0.05) is 55.6 Å². The van der Waals surface area contributed by atoms with Gasteiger partial charge in [-0.15, -0.1) is 0 Å². The second-order valence-electron chi connectivity index (χ2n) is 7.45. The van der Waals surface area contributed by atoms with Crippen LogP contribution in [0, 0.1) is 6.92 Å². The van der Waals surface area contributed by atoms with Crippen molar-refractivity contribution in [1.29, 1.82) is 0 Å². The molecule has 1 fully saturated rings. The van der Waals surface area contributed by atoms with Gasteiger partial charge in [-0.3, -0.25) is 9.59 Å². The van der Waals surface area contributed by atoms with Crippen LogP contribution in [0.25, 0.3) is 10.9 Å². The molecule has 0 radical (unpaired) electrons. The van der Waals surface area contributed by atoms with E-state index in [4.69, 9.17) is 4.74 Å². The Morgan fingerprint density at radius 3 is 2.97 bits per heavy atom. The zero-order valence-electron chi connectivity index (χ0n) is 16.9. The molecular weight excluding hydrogens is 370 g/mol. The van der Waals surface area contributed by atoms with Crippen LogP contribution in [0.15, 0.2) is 41.5 Å². The number of likely N-dealkylation sites (tertiary alicyclic amines) is 1. The van der Waals surface area contributed by atoms with E-state index in [0.29, 0.717) is 17.8 Å². The molecule has 0 saturated carbocycles. The number of hydrogen-bond acceptors (Lipinski definition) is 5. The lowest BCUT2D eigenvalue weighted by atomic mass is 10.2. The van der Waals surface area contributed by atoms with Gasteiger partial charge in [0.1, 0.15) is 6.61 Å².